The van der Waals surface area contributed by atoms with E-state index in [0.717, 1.165) is 12.3 Å². The van der Waals surface area contributed by atoms with Gasteiger partial charge < -0.3 is 14.4 Å². The van der Waals surface area contributed by atoms with Crippen molar-refractivity contribution in [2.75, 3.05) is 39.4 Å². The van der Waals surface area contributed by atoms with E-state index in [1.165, 1.54) is 22.9 Å². The van der Waals surface area contributed by atoms with Crippen LogP contribution in [0.3, 0.4) is 0 Å². The summed E-state index contributed by atoms with van der Waals surface area (Å²) in [5.41, 5.74) is 3.00. The first-order chi connectivity index (χ1) is 10.7. The third kappa shape index (κ3) is 2.85. The number of fused-ring (bicyclic) bond motifs is 3. The molecule has 0 spiro atoms. The second kappa shape index (κ2) is 6.52. The van der Waals surface area contributed by atoms with Crippen LogP contribution in [0.2, 0.25) is 19.6 Å². The van der Waals surface area contributed by atoms with Gasteiger partial charge in [-0.2, -0.15) is 0 Å². The highest BCUT2D eigenvalue weighted by Gasteiger charge is 2.52. The van der Waals surface area contributed by atoms with Gasteiger partial charge in [0.25, 0.3) is 0 Å². The quantitative estimate of drug-likeness (QED) is 0.600. The van der Waals surface area contributed by atoms with E-state index >= 15 is 0 Å². The Morgan fingerprint density at radius 3 is 2.50 bits per heavy atom. The molecule has 3 rings (SSSR count). The molecule has 1 aromatic carbocycles. The maximum absolute atomic E-state index is 5.97. The summed E-state index contributed by atoms with van der Waals surface area (Å²) in [5, 5.41) is 1.38. The van der Waals surface area contributed by atoms with Crippen molar-refractivity contribution in [1.29, 1.82) is 0 Å². The molecule has 0 amide bonds. The van der Waals surface area contributed by atoms with Crippen LogP contribution in [0.1, 0.15) is 18.9 Å². The van der Waals surface area contributed by atoms with Crippen molar-refractivity contribution in [1.82, 2.24) is 4.90 Å². The van der Waals surface area contributed by atoms with Gasteiger partial charge in [-0.05, 0) is 36.4 Å². The fourth-order valence-electron chi connectivity index (χ4n) is 4.42. The van der Waals surface area contributed by atoms with Gasteiger partial charge in [0.15, 0.2) is 6.79 Å². The van der Waals surface area contributed by atoms with Gasteiger partial charge in [-0.25, -0.2) is 0 Å². The van der Waals surface area contributed by atoms with Gasteiger partial charge in [0.05, 0.1) is 14.2 Å². The lowest BCUT2D eigenvalue weighted by Crippen LogP contribution is -2.45. The van der Waals surface area contributed by atoms with Crippen molar-refractivity contribution in [2.45, 2.75) is 44.6 Å². The van der Waals surface area contributed by atoms with Crippen molar-refractivity contribution in [3.05, 3.63) is 17.7 Å². The fraction of sp³-hybridized carbons (Fsp3) is 0.667. The topological polar surface area (TPSA) is 24.9 Å². The standard InChI is InChI=1S/C18H30N2O2Si.ClH/c1-18-8-9-19(2)17(18)20(3)14-11-16(23(5,6)7)15(10-13(14)18)22-12-21-4;/h10-11,17H,8-9,12H2,1-7H3;1H/t17?,18-;/m0./s1. The number of rotatable bonds is 4. The summed E-state index contributed by atoms with van der Waals surface area (Å²) < 4.78 is 11.1. The molecular formula is C18H31ClN2O2Si. The molecule has 0 saturated carbocycles. The van der Waals surface area contributed by atoms with Gasteiger partial charge in [0, 0.05) is 31.8 Å². The second-order valence-electron chi connectivity index (χ2n) is 8.30. The predicted molar refractivity (Wildman–Crippen MR) is 106 cm³/mol. The lowest BCUT2D eigenvalue weighted by Gasteiger charge is -2.32. The van der Waals surface area contributed by atoms with Gasteiger partial charge in [-0.15, -0.1) is 12.4 Å². The Labute approximate surface area is 153 Å². The molecule has 1 unspecified atom stereocenters. The van der Waals surface area contributed by atoms with E-state index < -0.39 is 8.07 Å². The Morgan fingerprint density at radius 1 is 1.25 bits per heavy atom. The lowest BCUT2D eigenvalue weighted by molar-refractivity contribution is 0.0517. The number of ether oxygens (including phenoxy) is 2. The summed E-state index contributed by atoms with van der Waals surface area (Å²) in [6.45, 7) is 11.0. The zero-order valence-corrected chi connectivity index (χ0v) is 17.8. The number of methoxy groups -OCH3 is 1. The van der Waals surface area contributed by atoms with Crippen molar-refractivity contribution in [2.24, 2.45) is 0 Å². The van der Waals surface area contributed by atoms with E-state index in [0.29, 0.717) is 13.0 Å². The summed E-state index contributed by atoms with van der Waals surface area (Å²) in [7, 11) is 4.65. The lowest BCUT2D eigenvalue weighted by atomic mass is 9.81. The second-order valence-corrected chi connectivity index (χ2v) is 13.3. The maximum Gasteiger partial charge on any atom is 0.188 e. The molecule has 1 saturated heterocycles. The van der Waals surface area contributed by atoms with Gasteiger partial charge in [0.1, 0.15) is 5.75 Å². The van der Waals surface area contributed by atoms with Crippen LogP contribution in [0, 0.1) is 0 Å². The SMILES string of the molecule is COCOc1cc2c(cc1[Si](C)(C)C)N(C)C1N(C)CC[C@@]21C.Cl. The summed E-state index contributed by atoms with van der Waals surface area (Å²) in [6, 6.07) is 4.70. The minimum absolute atomic E-state index is 0. The molecule has 0 aromatic heterocycles. The van der Waals surface area contributed by atoms with E-state index in [4.69, 9.17) is 9.47 Å². The zero-order chi connectivity index (χ0) is 17.0. The first kappa shape index (κ1) is 19.6. The van der Waals surface area contributed by atoms with Crippen molar-refractivity contribution < 1.29 is 9.47 Å². The van der Waals surface area contributed by atoms with E-state index in [-0.39, 0.29) is 17.8 Å². The molecule has 0 aliphatic carbocycles. The number of hydrogen-bond acceptors (Lipinski definition) is 4. The molecule has 0 N–H and O–H groups in total. The van der Waals surface area contributed by atoms with Crippen LogP contribution in [0.25, 0.3) is 0 Å². The molecule has 136 valence electrons. The minimum atomic E-state index is -1.50. The maximum atomic E-state index is 5.97. The summed E-state index contributed by atoms with van der Waals surface area (Å²) in [4.78, 5) is 4.94. The van der Waals surface area contributed by atoms with Crippen LogP contribution in [0.5, 0.6) is 5.75 Å². The molecule has 6 heteroatoms. The number of likely N-dealkylation sites (N-methyl/N-ethyl adjacent to an activating group) is 2. The first-order valence-electron chi connectivity index (χ1n) is 8.44. The van der Waals surface area contributed by atoms with Gasteiger partial charge in [-0.3, -0.25) is 4.90 Å². The number of anilines is 1. The summed E-state index contributed by atoms with van der Waals surface area (Å²) in [6.07, 6.45) is 1.64. The molecule has 4 nitrogen and oxygen atoms in total. The van der Waals surface area contributed by atoms with Crippen LogP contribution >= 0.6 is 12.4 Å². The van der Waals surface area contributed by atoms with Crippen molar-refractivity contribution >= 4 is 31.4 Å². The highest BCUT2D eigenvalue weighted by Crippen LogP contribution is 2.51. The molecule has 1 aromatic rings. The Hall–Kier alpha value is -0.753. The Morgan fingerprint density at radius 2 is 1.92 bits per heavy atom. The molecular weight excluding hydrogens is 340 g/mol. The molecule has 2 atom stereocenters. The fourth-order valence-corrected chi connectivity index (χ4v) is 5.87. The van der Waals surface area contributed by atoms with Gasteiger partial charge >= 0.3 is 0 Å². The zero-order valence-electron chi connectivity index (χ0n) is 16.0. The van der Waals surface area contributed by atoms with Gasteiger partial charge in [-0.1, -0.05) is 26.6 Å². The largest absolute Gasteiger partial charge is 0.468 e. The highest BCUT2D eigenvalue weighted by atomic mass is 35.5. The van der Waals surface area contributed by atoms with Gasteiger partial charge in [0.2, 0.25) is 0 Å². The molecule has 2 heterocycles. The van der Waals surface area contributed by atoms with E-state index in [1.54, 1.807) is 7.11 Å². The normalized spacial score (nSPS) is 26.1. The van der Waals surface area contributed by atoms with Crippen LogP contribution in [-0.4, -0.2) is 53.7 Å². The average molecular weight is 371 g/mol. The molecule has 0 radical (unpaired) electrons. The van der Waals surface area contributed by atoms with E-state index in [2.05, 4.69) is 62.6 Å². The average Bonchev–Trinajstić information content (AvgIpc) is 2.89. The molecule has 24 heavy (non-hydrogen) atoms. The molecule has 0 bridgehead atoms. The van der Waals surface area contributed by atoms with Crippen molar-refractivity contribution in [3.63, 3.8) is 0 Å². The number of nitrogens with zero attached hydrogens (tertiary/aromatic N) is 2. The van der Waals surface area contributed by atoms with Crippen LogP contribution < -0.4 is 14.8 Å². The number of likely N-dealkylation sites (tertiary alicyclic amines) is 1. The predicted octanol–water partition coefficient (Wildman–Crippen LogP) is 3.01. The molecule has 2 aliphatic rings. The third-order valence-corrected chi connectivity index (χ3v) is 7.58. The monoisotopic (exact) mass is 370 g/mol. The number of halogens is 1. The number of benzene rings is 1. The van der Waals surface area contributed by atoms with E-state index in [9.17, 15) is 0 Å². The van der Waals surface area contributed by atoms with E-state index in [1.807, 2.05) is 0 Å². The number of hydrogen-bond donors (Lipinski definition) is 0. The first-order valence-corrected chi connectivity index (χ1v) is 11.9. The summed E-state index contributed by atoms with van der Waals surface area (Å²) >= 11 is 0. The Kier molecular flexibility index (Phi) is 5.32. The van der Waals surface area contributed by atoms with Crippen LogP contribution in [0.4, 0.5) is 5.69 Å². The van der Waals surface area contributed by atoms with Crippen LogP contribution in [-0.2, 0) is 10.2 Å². The highest BCUT2D eigenvalue weighted by molar-refractivity contribution is 6.89. The summed E-state index contributed by atoms with van der Waals surface area (Å²) in [5.74, 6) is 1.02. The molecule has 1 fully saturated rings. The van der Waals surface area contributed by atoms with Crippen molar-refractivity contribution in [3.8, 4) is 5.75 Å². The Balaban J connectivity index is 0.00000208. The smallest absolute Gasteiger partial charge is 0.188 e. The molecule has 2 aliphatic heterocycles. The Bertz CT molecular complexity index is 620. The van der Waals surface area contributed by atoms with Crippen LogP contribution in [0.15, 0.2) is 12.1 Å². The minimum Gasteiger partial charge on any atom is -0.468 e. The third-order valence-electron chi connectivity index (χ3n) is 5.57.